The molecule has 1 heterocycles. The second kappa shape index (κ2) is 9.16. The van der Waals surface area contributed by atoms with E-state index in [9.17, 15) is 13.2 Å². The molecule has 1 aromatic heterocycles. The molecule has 29 heavy (non-hydrogen) atoms. The standard InChI is InChI=1S/C20H20N4O4S/c1-2-11-29(26,27)24-17-7-3-5-15(12-17)20(25)23-16-6-4-8-18(13-16)28-19-14-21-9-10-22-19/h3-10,12-14,24H,2,11H2,1H3,(H,23,25). The third kappa shape index (κ3) is 6.01. The van der Waals surface area contributed by atoms with Crippen LogP contribution >= 0.6 is 0 Å². The lowest BCUT2D eigenvalue weighted by Crippen LogP contribution is -2.17. The van der Waals surface area contributed by atoms with Gasteiger partial charge in [-0.2, -0.15) is 0 Å². The molecular formula is C20H20N4O4S. The van der Waals surface area contributed by atoms with Crippen LogP contribution in [0.3, 0.4) is 0 Å². The number of benzene rings is 2. The molecule has 3 aromatic rings. The van der Waals surface area contributed by atoms with E-state index in [1.165, 1.54) is 18.5 Å². The molecule has 0 aliphatic heterocycles. The Morgan fingerprint density at radius 1 is 1.07 bits per heavy atom. The second-order valence-corrected chi connectivity index (χ2v) is 7.97. The van der Waals surface area contributed by atoms with E-state index in [1.54, 1.807) is 55.6 Å². The number of sulfonamides is 1. The van der Waals surface area contributed by atoms with Crippen molar-refractivity contribution in [1.29, 1.82) is 0 Å². The van der Waals surface area contributed by atoms with Crippen molar-refractivity contribution in [3.8, 4) is 11.6 Å². The maximum absolute atomic E-state index is 12.6. The van der Waals surface area contributed by atoms with Gasteiger partial charge >= 0.3 is 0 Å². The molecule has 0 saturated carbocycles. The van der Waals surface area contributed by atoms with Crippen LogP contribution in [0.1, 0.15) is 23.7 Å². The number of carbonyl (C=O) groups is 1. The number of nitrogens with zero attached hydrogens (tertiary/aromatic N) is 2. The zero-order valence-corrected chi connectivity index (χ0v) is 16.5. The maximum Gasteiger partial charge on any atom is 0.255 e. The molecule has 2 aromatic carbocycles. The monoisotopic (exact) mass is 412 g/mol. The number of hydrogen-bond donors (Lipinski definition) is 2. The average Bonchev–Trinajstić information content (AvgIpc) is 2.69. The zero-order valence-electron chi connectivity index (χ0n) is 15.7. The predicted molar refractivity (Wildman–Crippen MR) is 111 cm³/mol. The number of hydrogen-bond acceptors (Lipinski definition) is 6. The summed E-state index contributed by atoms with van der Waals surface area (Å²) in [6.07, 6.45) is 5.04. The summed E-state index contributed by atoms with van der Waals surface area (Å²) in [5, 5.41) is 2.77. The van der Waals surface area contributed by atoms with Crippen molar-refractivity contribution >= 4 is 27.3 Å². The Morgan fingerprint density at radius 3 is 2.62 bits per heavy atom. The van der Waals surface area contributed by atoms with Gasteiger partial charge in [-0.25, -0.2) is 13.4 Å². The Bertz CT molecular complexity index is 1090. The summed E-state index contributed by atoms with van der Waals surface area (Å²) in [5.41, 5.74) is 1.18. The van der Waals surface area contributed by atoms with Crippen LogP contribution in [-0.4, -0.2) is 30.0 Å². The van der Waals surface area contributed by atoms with E-state index in [2.05, 4.69) is 20.0 Å². The highest BCUT2D eigenvalue weighted by Crippen LogP contribution is 2.23. The highest BCUT2D eigenvalue weighted by Gasteiger charge is 2.12. The molecule has 0 saturated heterocycles. The molecule has 0 atom stereocenters. The van der Waals surface area contributed by atoms with Gasteiger partial charge in [-0.1, -0.05) is 19.1 Å². The Balaban J connectivity index is 1.70. The molecular weight excluding hydrogens is 392 g/mol. The zero-order chi connectivity index (χ0) is 20.7. The van der Waals surface area contributed by atoms with Gasteiger partial charge in [-0.05, 0) is 36.8 Å². The van der Waals surface area contributed by atoms with Crippen molar-refractivity contribution in [1.82, 2.24) is 9.97 Å². The topological polar surface area (TPSA) is 110 Å². The van der Waals surface area contributed by atoms with Crippen LogP contribution in [0.5, 0.6) is 11.6 Å². The van der Waals surface area contributed by atoms with Gasteiger partial charge in [0, 0.05) is 35.4 Å². The van der Waals surface area contributed by atoms with Crippen LogP contribution in [0.15, 0.2) is 67.1 Å². The van der Waals surface area contributed by atoms with E-state index in [4.69, 9.17) is 4.74 Å². The molecule has 0 radical (unpaired) electrons. The Labute approximate surface area is 169 Å². The lowest BCUT2D eigenvalue weighted by atomic mass is 10.2. The molecule has 0 spiro atoms. The van der Waals surface area contributed by atoms with Gasteiger partial charge in [0.1, 0.15) is 5.75 Å². The maximum atomic E-state index is 12.6. The van der Waals surface area contributed by atoms with Crippen LogP contribution in [0.4, 0.5) is 11.4 Å². The number of rotatable bonds is 8. The Kier molecular flexibility index (Phi) is 6.40. The minimum atomic E-state index is -3.43. The van der Waals surface area contributed by atoms with Gasteiger partial charge in [0.25, 0.3) is 5.91 Å². The largest absolute Gasteiger partial charge is 0.437 e. The predicted octanol–water partition coefficient (Wildman–Crippen LogP) is 3.67. The summed E-state index contributed by atoms with van der Waals surface area (Å²) in [7, 11) is -3.43. The van der Waals surface area contributed by atoms with Crippen molar-refractivity contribution in [3.05, 3.63) is 72.7 Å². The van der Waals surface area contributed by atoms with Crippen molar-refractivity contribution in [2.24, 2.45) is 0 Å². The van der Waals surface area contributed by atoms with E-state index in [1.807, 2.05) is 0 Å². The van der Waals surface area contributed by atoms with Crippen LogP contribution in [0, 0.1) is 0 Å². The van der Waals surface area contributed by atoms with Crippen LogP contribution < -0.4 is 14.8 Å². The molecule has 0 fully saturated rings. The first-order valence-corrected chi connectivity index (χ1v) is 10.6. The fourth-order valence-electron chi connectivity index (χ4n) is 2.52. The third-order valence-corrected chi connectivity index (χ3v) is 5.22. The van der Waals surface area contributed by atoms with Gasteiger partial charge in [-0.3, -0.25) is 14.5 Å². The van der Waals surface area contributed by atoms with Crippen molar-refractivity contribution in [2.45, 2.75) is 13.3 Å². The Morgan fingerprint density at radius 2 is 1.86 bits per heavy atom. The minimum Gasteiger partial charge on any atom is -0.437 e. The fourth-order valence-corrected chi connectivity index (χ4v) is 3.65. The van der Waals surface area contributed by atoms with Crippen LogP contribution in [-0.2, 0) is 10.0 Å². The fraction of sp³-hybridized carbons (Fsp3) is 0.150. The number of anilines is 2. The molecule has 0 aliphatic carbocycles. The number of amides is 1. The van der Waals surface area contributed by atoms with E-state index < -0.39 is 10.0 Å². The summed E-state index contributed by atoms with van der Waals surface area (Å²) in [5.74, 6) is 0.466. The molecule has 9 heteroatoms. The average molecular weight is 412 g/mol. The quantitative estimate of drug-likeness (QED) is 0.584. The van der Waals surface area contributed by atoms with E-state index >= 15 is 0 Å². The molecule has 0 unspecified atom stereocenters. The second-order valence-electron chi connectivity index (χ2n) is 6.13. The SMILES string of the molecule is CCCS(=O)(=O)Nc1cccc(C(=O)Nc2cccc(Oc3cnccn3)c2)c1. The normalized spacial score (nSPS) is 10.9. The number of nitrogens with one attached hydrogen (secondary N) is 2. The first-order chi connectivity index (χ1) is 13.9. The van der Waals surface area contributed by atoms with E-state index in [0.717, 1.165) is 0 Å². The molecule has 2 N–H and O–H groups in total. The first-order valence-electron chi connectivity index (χ1n) is 8.91. The van der Waals surface area contributed by atoms with Gasteiger partial charge in [0.2, 0.25) is 15.9 Å². The smallest absolute Gasteiger partial charge is 0.255 e. The molecule has 1 amide bonds. The minimum absolute atomic E-state index is 0.0159. The lowest BCUT2D eigenvalue weighted by molar-refractivity contribution is 0.102. The molecule has 8 nitrogen and oxygen atoms in total. The van der Waals surface area contributed by atoms with E-state index in [-0.39, 0.29) is 11.7 Å². The van der Waals surface area contributed by atoms with Crippen LogP contribution in [0.25, 0.3) is 0 Å². The molecule has 0 aliphatic rings. The lowest BCUT2D eigenvalue weighted by Gasteiger charge is -2.10. The summed E-state index contributed by atoms with van der Waals surface area (Å²) in [6.45, 7) is 1.78. The number of carbonyl (C=O) groups excluding carboxylic acids is 1. The highest BCUT2D eigenvalue weighted by molar-refractivity contribution is 7.92. The van der Waals surface area contributed by atoms with Crippen molar-refractivity contribution in [3.63, 3.8) is 0 Å². The molecule has 3 rings (SSSR count). The number of aromatic nitrogens is 2. The molecule has 0 bridgehead atoms. The molecule has 150 valence electrons. The summed E-state index contributed by atoms with van der Waals surface area (Å²) in [4.78, 5) is 20.5. The van der Waals surface area contributed by atoms with Crippen molar-refractivity contribution in [2.75, 3.05) is 15.8 Å². The van der Waals surface area contributed by atoms with Crippen LogP contribution in [0.2, 0.25) is 0 Å². The summed E-state index contributed by atoms with van der Waals surface area (Å²) in [6, 6.07) is 13.1. The number of ether oxygens (including phenoxy) is 1. The third-order valence-electron chi connectivity index (χ3n) is 3.72. The first kappa shape index (κ1) is 20.3. The van der Waals surface area contributed by atoms with Gasteiger partial charge in [-0.15, -0.1) is 0 Å². The van der Waals surface area contributed by atoms with Gasteiger partial charge in [0.15, 0.2) is 0 Å². The van der Waals surface area contributed by atoms with Gasteiger partial charge in [0.05, 0.1) is 11.9 Å². The summed E-state index contributed by atoms with van der Waals surface area (Å²) < 4.78 is 31.9. The Hall–Kier alpha value is -3.46. The summed E-state index contributed by atoms with van der Waals surface area (Å²) >= 11 is 0. The highest BCUT2D eigenvalue weighted by atomic mass is 32.2. The van der Waals surface area contributed by atoms with E-state index in [0.29, 0.717) is 35.0 Å². The van der Waals surface area contributed by atoms with Crippen molar-refractivity contribution < 1.29 is 17.9 Å². The van der Waals surface area contributed by atoms with Gasteiger partial charge < -0.3 is 10.1 Å².